The molecule has 1 aromatic carbocycles. The first-order valence-corrected chi connectivity index (χ1v) is 9.14. The second-order valence-corrected chi connectivity index (χ2v) is 8.27. The molecule has 5 nitrogen and oxygen atoms in total. The Hall–Kier alpha value is -1.16. The van der Waals surface area contributed by atoms with Crippen molar-refractivity contribution in [3.63, 3.8) is 0 Å². The number of carbonyl (C=O) groups excluding carboxylic acids is 1. The molecular formula is C16H24NO4P. The van der Waals surface area contributed by atoms with Gasteiger partial charge in [-0.15, -0.1) is 0 Å². The van der Waals surface area contributed by atoms with Gasteiger partial charge < -0.3 is 13.9 Å². The number of hydrogen-bond acceptors (Lipinski definition) is 4. The van der Waals surface area contributed by atoms with Gasteiger partial charge in [0.25, 0.3) is 0 Å². The highest BCUT2D eigenvalue weighted by Gasteiger charge is 2.46. The van der Waals surface area contributed by atoms with E-state index in [0.717, 1.165) is 16.8 Å². The predicted molar refractivity (Wildman–Crippen MR) is 87.7 cm³/mol. The van der Waals surface area contributed by atoms with Crippen molar-refractivity contribution in [2.24, 2.45) is 0 Å². The zero-order valence-corrected chi connectivity index (χ0v) is 14.8. The van der Waals surface area contributed by atoms with Crippen molar-refractivity contribution in [2.45, 2.75) is 32.6 Å². The molecule has 0 spiro atoms. The highest BCUT2D eigenvalue weighted by Crippen LogP contribution is 2.55. The third-order valence-electron chi connectivity index (χ3n) is 4.37. The second-order valence-electron chi connectivity index (χ2n) is 6.00. The van der Waals surface area contributed by atoms with Crippen LogP contribution in [0.25, 0.3) is 0 Å². The van der Waals surface area contributed by atoms with E-state index in [9.17, 15) is 9.36 Å². The van der Waals surface area contributed by atoms with E-state index >= 15 is 0 Å². The van der Waals surface area contributed by atoms with Crippen LogP contribution in [0.5, 0.6) is 0 Å². The van der Waals surface area contributed by atoms with Crippen molar-refractivity contribution in [1.29, 1.82) is 0 Å². The average molecular weight is 325 g/mol. The lowest BCUT2D eigenvalue weighted by molar-refractivity contribution is -0.118. The Morgan fingerprint density at radius 1 is 1.36 bits per heavy atom. The minimum absolute atomic E-state index is 0.0731. The van der Waals surface area contributed by atoms with Crippen molar-refractivity contribution in [2.75, 3.05) is 31.8 Å². The van der Waals surface area contributed by atoms with Crippen LogP contribution < -0.4 is 4.90 Å². The lowest BCUT2D eigenvalue weighted by Crippen LogP contribution is -2.37. The van der Waals surface area contributed by atoms with Crippen molar-refractivity contribution in [1.82, 2.24) is 0 Å². The molecule has 6 heteroatoms. The lowest BCUT2D eigenvalue weighted by Gasteiger charge is -2.28. The lowest BCUT2D eigenvalue weighted by atomic mass is 9.86. The Bertz CT molecular complexity index is 623. The van der Waals surface area contributed by atoms with Crippen LogP contribution in [0.15, 0.2) is 18.2 Å². The van der Waals surface area contributed by atoms with Gasteiger partial charge in [-0.1, -0.05) is 32.0 Å². The van der Waals surface area contributed by atoms with Gasteiger partial charge >= 0.3 is 7.60 Å². The molecule has 22 heavy (non-hydrogen) atoms. The van der Waals surface area contributed by atoms with Crippen LogP contribution in [-0.4, -0.2) is 32.8 Å². The predicted octanol–water partition coefficient (Wildman–Crippen LogP) is 3.50. The van der Waals surface area contributed by atoms with Gasteiger partial charge in [-0.25, -0.2) is 0 Å². The van der Waals surface area contributed by atoms with E-state index in [1.54, 1.807) is 4.90 Å². The Morgan fingerprint density at radius 2 is 2.00 bits per heavy atom. The topological polar surface area (TPSA) is 55.8 Å². The molecule has 1 aliphatic heterocycles. The molecule has 0 aromatic heterocycles. The SMILES string of the molecule is CCC(=O)N1CC(C)(CP(=O)(OC)OC)c2cccc(C)c21. The maximum Gasteiger partial charge on any atom is 0.331 e. The highest BCUT2D eigenvalue weighted by molar-refractivity contribution is 7.53. The van der Waals surface area contributed by atoms with Crippen molar-refractivity contribution in [3.8, 4) is 0 Å². The molecule has 1 atom stereocenters. The molecule has 0 radical (unpaired) electrons. The van der Waals surface area contributed by atoms with Crippen LogP contribution in [0.4, 0.5) is 5.69 Å². The van der Waals surface area contributed by atoms with Crippen LogP contribution >= 0.6 is 7.60 Å². The van der Waals surface area contributed by atoms with Gasteiger partial charge in [0.05, 0.1) is 11.8 Å². The average Bonchev–Trinajstić information content (AvgIpc) is 2.81. The number of amides is 1. The van der Waals surface area contributed by atoms with Gasteiger partial charge in [0.15, 0.2) is 0 Å². The van der Waals surface area contributed by atoms with E-state index in [4.69, 9.17) is 9.05 Å². The summed E-state index contributed by atoms with van der Waals surface area (Å²) in [6.07, 6.45) is 0.688. The molecule has 2 rings (SSSR count). The molecule has 1 aliphatic rings. The molecule has 0 N–H and O–H groups in total. The first kappa shape index (κ1) is 17.2. The largest absolute Gasteiger partial charge is 0.331 e. The third kappa shape index (κ3) is 2.85. The van der Waals surface area contributed by atoms with E-state index in [1.165, 1.54) is 14.2 Å². The Balaban J connectivity index is 2.51. The summed E-state index contributed by atoms with van der Waals surface area (Å²) in [6, 6.07) is 5.96. The maximum atomic E-state index is 12.6. The summed E-state index contributed by atoms with van der Waals surface area (Å²) in [4.78, 5) is 14.1. The monoisotopic (exact) mass is 325 g/mol. The molecule has 0 fully saturated rings. The van der Waals surface area contributed by atoms with Gasteiger partial charge in [0.1, 0.15) is 0 Å². The number of carbonyl (C=O) groups is 1. The van der Waals surface area contributed by atoms with Crippen LogP contribution in [-0.2, 0) is 23.8 Å². The van der Waals surface area contributed by atoms with E-state index in [0.29, 0.717) is 13.0 Å². The summed E-state index contributed by atoms with van der Waals surface area (Å²) < 4.78 is 22.8. The van der Waals surface area contributed by atoms with Crippen molar-refractivity contribution >= 4 is 19.2 Å². The van der Waals surface area contributed by atoms with E-state index in [2.05, 4.69) is 0 Å². The Labute approximate surface area is 132 Å². The molecule has 0 aliphatic carbocycles. The second kappa shape index (κ2) is 6.15. The fraction of sp³-hybridized carbons (Fsp3) is 0.562. The highest BCUT2D eigenvalue weighted by atomic mass is 31.2. The third-order valence-corrected chi connectivity index (χ3v) is 6.57. The number of aryl methyl sites for hydroxylation is 1. The van der Waals surface area contributed by atoms with Gasteiger partial charge in [0, 0.05) is 32.6 Å². The zero-order chi connectivity index (χ0) is 16.5. The minimum atomic E-state index is -3.17. The number of anilines is 1. The van der Waals surface area contributed by atoms with Gasteiger partial charge in [-0.2, -0.15) is 0 Å². The molecule has 1 heterocycles. The van der Waals surface area contributed by atoms with Crippen LogP contribution in [0.2, 0.25) is 0 Å². The van der Waals surface area contributed by atoms with Crippen LogP contribution in [0.1, 0.15) is 31.4 Å². The first-order chi connectivity index (χ1) is 10.3. The number of para-hydroxylation sites is 1. The summed E-state index contributed by atoms with van der Waals surface area (Å²) in [5, 5.41) is 0. The Kier molecular flexibility index (Phi) is 4.81. The summed E-state index contributed by atoms with van der Waals surface area (Å²) in [5.41, 5.74) is 2.57. The summed E-state index contributed by atoms with van der Waals surface area (Å²) in [5.74, 6) is 0.0731. The first-order valence-electron chi connectivity index (χ1n) is 7.41. The van der Waals surface area contributed by atoms with Crippen LogP contribution in [0.3, 0.4) is 0 Å². The molecule has 0 saturated carbocycles. The minimum Gasteiger partial charge on any atom is -0.312 e. The number of nitrogens with zero attached hydrogens (tertiary/aromatic N) is 1. The molecule has 1 aromatic rings. The zero-order valence-electron chi connectivity index (χ0n) is 13.9. The summed E-state index contributed by atoms with van der Waals surface area (Å²) in [7, 11) is -0.375. The Morgan fingerprint density at radius 3 is 2.55 bits per heavy atom. The fourth-order valence-corrected chi connectivity index (χ4v) is 4.72. The maximum absolute atomic E-state index is 12.6. The van der Waals surface area contributed by atoms with E-state index < -0.39 is 13.0 Å². The van der Waals surface area contributed by atoms with Crippen molar-refractivity contribution in [3.05, 3.63) is 29.3 Å². The fourth-order valence-electron chi connectivity index (χ4n) is 3.19. The number of hydrogen-bond donors (Lipinski definition) is 0. The van der Waals surface area contributed by atoms with Gasteiger partial charge in [-0.3, -0.25) is 9.36 Å². The molecule has 0 bridgehead atoms. The van der Waals surface area contributed by atoms with Crippen LogP contribution in [0, 0.1) is 6.92 Å². The van der Waals surface area contributed by atoms with E-state index in [-0.39, 0.29) is 12.1 Å². The van der Waals surface area contributed by atoms with E-state index in [1.807, 2.05) is 39.0 Å². The van der Waals surface area contributed by atoms with Crippen molar-refractivity contribution < 1.29 is 18.4 Å². The van der Waals surface area contributed by atoms with Gasteiger partial charge in [-0.05, 0) is 18.1 Å². The molecule has 1 amide bonds. The molecule has 0 saturated heterocycles. The van der Waals surface area contributed by atoms with Gasteiger partial charge in [0.2, 0.25) is 5.91 Å². The standard InChI is InChI=1S/C16H24NO4P/c1-6-14(18)17-10-16(3,11-22(19,20-4)21-5)13-9-7-8-12(2)15(13)17/h7-9H,6,10-11H2,1-5H3. The number of benzene rings is 1. The quantitative estimate of drug-likeness (QED) is 0.778. The molecule has 122 valence electrons. The number of rotatable bonds is 5. The smallest absolute Gasteiger partial charge is 0.312 e. The molecule has 1 unspecified atom stereocenters. The molecular weight excluding hydrogens is 301 g/mol. The summed E-state index contributed by atoms with van der Waals surface area (Å²) in [6.45, 7) is 6.35. The normalized spacial score (nSPS) is 21.0. The number of fused-ring (bicyclic) bond motifs is 1. The summed E-state index contributed by atoms with van der Waals surface area (Å²) >= 11 is 0.